The van der Waals surface area contributed by atoms with Crippen molar-refractivity contribution >= 4 is 21.1 Å². The van der Waals surface area contributed by atoms with Gasteiger partial charge in [0.15, 0.2) is 0 Å². The zero-order valence-corrected chi connectivity index (χ0v) is 12.1. The molecule has 20 heavy (non-hydrogen) atoms. The first-order valence-corrected chi connectivity index (χ1v) is 8.21. The predicted molar refractivity (Wildman–Crippen MR) is 74.9 cm³/mol. The van der Waals surface area contributed by atoms with Crippen molar-refractivity contribution < 1.29 is 13.2 Å². The van der Waals surface area contributed by atoms with Gasteiger partial charge < -0.3 is 4.74 Å². The number of methoxy groups -OCH3 is 1. The van der Waals surface area contributed by atoms with Crippen molar-refractivity contribution in [1.29, 1.82) is 0 Å². The summed E-state index contributed by atoms with van der Waals surface area (Å²) in [6.45, 7) is 0. The highest BCUT2D eigenvalue weighted by Gasteiger charge is 2.33. The van der Waals surface area contributed by atoms with E-state index in [1.54, 1.807) is 25.3 Å². The summed E-state index contributed by atoms with van der Waals surface area (Å²) in [7, 11) is -1.82. The van der Waals surface area contributed by atoms with Gasteiger partial charge in [0.25, 0.3) is 10.0 Å². The van der Waals surface area contributed by atoms with Gasteiger partial charge in [0, 0.05) is 7.11 Å². The molecule has 0 unspecified atom stereocenters. The van der Waals surface area contributed by atoms with Crippen LogP contribution in [0, 0.1) is 0 Å². The van der Waals surface area contributed by atoms with Crippen molar-refractivity contribution in [1.82, 2.24) is 14.4 Å². The Kier molecular flexibility index (Phi) is 3.47. The lowest BCUT2D eigenvalue weighted by Crippen LogP contribution is -2.34. The number of hydrogen-bond donors (Lipinski definition) is 0. The van der Waals surface area contributed by atoms with Crippen LogP contribution in [0.3, 0.4) is 0 Å². The monoisotopic (exact) mass is 295 g/mol. The van der Waals surface area contributed by atoms with Crippen molar-refractivity contribution in [3.8, 4) is 0 Å². The molecular formula is C13H17N3O3S. The highest BCUT2D eigenvalue weighted by Crippen LogP contribution is 2.27. The topological polar surface area (TPSA) is 74.1 Å². The molecule has 1 heterocycles. The maximum Gasteiger partial charge on any atom is 0.258 e. The van der Waals surface area contributed by atoms with E-state index in [4.69, 9.17) is 4.74 Å². The molecule has 6 nitrogen and oxygen atoms in total. The quantitative estimate of drug-likeness (QED) is 0.859. The molecule has 0 atom stereocenters. The Morgan fingerprint density at radius 2 is 1.90 bits per heavy atom. The van der Waals surface area contributed by atoms with Crippen LogP contribution in [0.25, 0.3) is 11.0 Å². The van der Waals surface area contributed by atoms with Gasteiger partial charge in [-0.1, -0.05) is 17.3 Å². The maximum absolute atomic E-state index is 12.7. The third-order valence-corrected chi connectivity index (χ3v) is 6.00. The number of aromatic nitrogens is 3. The van der Waals surface area contributed by atoms with Gasteiger partial charge in [-0.15, -0.1) is 9.19 Å². The van der Waals surface area contributed by atoms with Gasteiger partial charge in [-0.05, 0) is 37.8 Å². The molecular weight excluding hydrogens is 278 g/mol. The number of hydrogen-bond acceptors (Lipinski definition) is 5. The first-order valence-electron chi connectivity index (χ1n) is 6.70. The van der Waals surface area contributed by atoms with Crippen molar-refractivity contribution in [2.75, 3.05) is 7.11 Å². The summed E-state index contributed by atoms with van der Waals surface area (Å²) in [5.74, 6) is 0. The van der Waals surface area contributed by atoms with Gasteiger partial charge in [0.2, 0.25) is 0 Å². The molecule has 0 saturated heterocycles. The Bertz CT molecular complexity index is 702. The van der Waals surface area contributed by atoms with E-state index in [-0.39, 0.29) is 6.10 Å². The van der Waals surface area contributed by atoms with Gasteiger partial charge in [0.1, 0.15) is 11.0 Å². The third kappa shape index (κ3) is 2.20. The second kappa shape index (κ2) is 5.14. The summed E-state index contributed by atoms with van der Waals surface area (Å²) in [6, 6.07) is 7.10. The summed E-state index contributed by atoms with van der Waals surface area (Å²) in [4.78, 5) is 0. The van der Waals surface area contributed by atoms with Gasteiger partial charge in [-0.3, -0.25) is 0 Å². The van der Waals surface area contributed by atoms with E-state index in [1.807, 2.05) is 6.07 Å². The second-order valence-corrected chi connectivity index (χ2v) is 7.14. The first-order chi connectivity index (χ1) is 9.63. The lowest BCUT2D eigenvalue weighted by atomic mass is 9.97. The van der Waals surface area contributed by atoms with Gasteiger partial charge in [-0.2, -0.15) is 0 Å². The zero-order valence-electron chi connectivity index (χ0n) is 11.3. The molecule has 3 rings (SSSR count). The fourth-order valence-corrected chi connectivity index (χ4v) is 4.46. The smallest absolute Gasteiger partial charge is 0.258 e. The van der Waals surface area contributed by atoms with E-state index in [2.05, 4.69) is 10.3 Å². The van der Waals surface area contributed by atoms with Crippen molar-refractivity contribution in [2.24, 2.45) is 0 Å². The van der Waals surface area contributed by atoms with Gasteiger partial charge in [0.05, 0.1) is 11.4 Å². The highest BCUT2D eigenvalue weighted by atomic mass is 32.2. The van der Waals surface area contributed by atoms with Crippen LogP contribution in [0.4, 0.5) is 0 Å². The molecule has 1 aliphatic rings. The number of nitrogens with zero attached hydrogens (tertiary/aromatic N) is 3. The molecule has 0 spiro atoms. The standard InChI is InChI=1S/C13H17N3O3S/c1-19-10-6-8-11(9-7-10)20(17,18)16-13-5-3-2-4-12(13)14-15-16/h2-5,10-11H,6-9H2,1H3. The first kappa shape index (κ1) is 13.5. The number of para-hydroxylation sites is 1. The van der Waals surface area contributed by atoms with Crippen LogP contribution in [-0.2, 0) is 14.8 Å². The molecule has 1 fully saturated rings. The van der Waals surface area contributed by atoms with Crippen molar-refractivity contribution in [2.45, 2.75) is 37.0 Å². The van der Waals surface area contributed by atoms with E-state index < -0.39 is 15.3 Å². The summed E-state index contributed by atoms with van der Waals surface area (Å²) in [5, 5.41) is 7.35. The average molecular weight is 295 g/mol. The second-order valence-electron chi connectivity index (χ2n) is 5.10. The van der Waals surface area contributed by atoms with E-state index in [9.17, 15) is 8.42 Å². The fraction of sp³-hybridized carbons (Fsp3) is 0.538. The molecule has 0 amide bonds. The summed E-state index contributed by atoms with van der Waals surface area (Å²) in [6.07, 6.45) is 2.93. The summed E-state index contributed by atoms with van der Waals surface area (Å²) in [5.41, 5.74) is 1.14. The molecule has 0 radical (unpaired) electrons. The van der Waals surface area contributed by atoms with E-state index in [0.717, 1.165) is 16.9 Å². The van der Waals surface area contributed by atoms with Crippen molar-refractivity contribution in [3.63, 3.8) is 0 Å². The molecule has 0 N–H and O–H groups in total. The number of benzene rings is 1. The van der Waals surface area contributed by atoms with Crippen LogP contribution >= 0.6 is 0 Å². The van der Waals surface area contributed by atoms with Gasteiger partial charge in [-0.25, -0.2) is 8.42 Å². The van der Waals surface area contributed by atoms with Crippen LogP contribution in [0.15, 0.2) is 24.3 Å². The third-order valence-electron chi connectivity index (χ3n) is 3.94. The van der Waals surface area contributed by atoms with Crippen LogP contribution in [0.2, 0.25) is 0 Å². The molecule has 1 aromatic carbocycles. The van der Waals surface area contributed by atoms with Crippen LogP contribution in [0.5, 0.6) is 0 Å². The Labute approximate surface area is 117 Å². The number of fused-ring (bicyclic) bond motifs is 1. The Morgan fingerprint density at radius 3 is 2.60 bits per heavy atom. The maximum atomic E-state index is 12.7. The molecule has 1 aliphatic carbocycles. The van der Waals surface area contributed by atoms with Crippen LogP contribution < -0.4 is 0 Å². The molecule has 1 aromatic heterocycles. The van der Waals surface area contributed by atoms with Crippen molar-refractivity contribution in [3.05, 3.63) is 24.3 Å². The average Bonchev–Trinajstić information content (AvgIpc) is 2.92. The number of rotatable bonds is 3. The predicted octanol–water partition coefficient (Wildman–Crippen LogP) is 1.57. The molecule has 0 bridgehead atoms. The van der Waals surface area contributed by atoms with E-state index in [0.29, 0.717) is 23.9 Å². The van der Waals surface area contributed by atoms with Crippen LogP contribution in [-0.4, -0.2) is 41.3 Å². The highest BCUT2D eigenvalue weighted by molar-refractivity contribution is 7.90. The minimum absolute atomic E-state index is 0.175. The Hall–Kier alpha value is -1.47. The SMILES string of the molecule is COC1CCC(S(=O)(=O)n2nnc3ccccc32)CC1. The molecule has 2 aromatic rings. The normalized spacial score (nSPS) is 24.1. The Morgan fingerprint density at radius 1 is 1.20 bits per heavy atom. The lowest BCUT2D eigenvalue weighted by Gasteiger charge is -2.26. The minimum atomic E-state index is -3.49. The molecule has 7 heteroatoms. The zero-order chi connectivity index (χ0) is 14.2. The fourth-order valence-electron chi connectivity index (χ4n) is 2.74. The largest absolute Gasteiger partial charge is 0.381 e. The minimum Gasteiger partial charge on any atom is -0.381 e. The summed E-state index contributed by atoms with van der Waals surface area (Å²) >= 11 is 0. The van der Waals surface area contributed by atoms with E-state index >= 15 is 0 Å². The van der Waals surface area contributed by atoms with E-state index in [1.165, 1.54) is 0 Å². The molecule has 1 saturated carbocycles. The molecule has 108 valence electrons. The lowest BCUT2D eigenvalue weighted by molar-refractivity contribution is 0.0716. The summed E-state index contributed by atoms with van der Waals surface area (Å²) < 4.78 is 31.7. The van der Waals surface area contributed by atoms with Crippen LogP contribution in [0.1, 0.15) is 25.7 Å². The van der Waals surface area contributed by atoms with Gasteiger partial charge >= 0.3 is 0 Å². The molecule has 0 aliphatic heterocycles. The number of ether oxygens (including phenoxy) is 1. The Balaban J connectivity index is 1.92.